The molecule has 2 aromatic rings. The van der Waals surface area contributed by atoms with Crippen molar-refractivity contribution in [3.05, 3.63) is 47.8 Å². The number of benzene rings is 1. The second-order valence-corrected chi connectivity index (χ2v) is 6.34. The Balaban J connectivity index is 1.66. The van der Waals surface area contributed by atoms with E-state index in [1.165, 1.54) is 12.8 Å². The minimum atomic E-state index is -0.0592. The first-order valence-corrected chi connectivity index (χ1v) is 8.50. The van der Waals surface area contributed by atoms with E-state index in [0.717, 1.165) is 24.2 Å². The minimum absolute atomic E-state index is 0.0592. The number of nitrogens with zero attached hydrogens (tertiary/aromatic N) is 3. The highest BCUT2D eigenvalue weighted by Crippen LogP contribution is 2.18. The quantitative estimate of drug-likeness (QED) is 0.844. The molecule has 128 valence electrons. The van der Waals surface area contributed by atoms with E-state index < -0.39 is 0 Å². The maximum Gasteiger partial charge on any atom is 0.253 e. The Morgan fingerprint density at radius 3 is 2.96 bits per heavy atom. The molecule has 2 heterocycles. The van der Waals surface area contributed by atoms with Crippen LogP contribution < -0.4 is 11.1 Å². The summed E-state index contributed by atoms with van der Waals surface area (Å²) in [6, 6.07) is 8.09. The van der Waals surface area contributed by atoms with Gasteiger partial charge in [0.25, 0.3) is 5.91 Å². The summed E-state index contributed by atoms with van der Waals surface area (Å²) in [5.74, 6) is -0.0592. The van der Waals surface area contributed by atoms with E-state index in [0.29, 0.717) is 24.7 Å². The molecule has 6 heteroatoms. The summed E-state index contributed by atoms with van der Waals surface area (Å²) < 4.78 is 1.71. The molecule has 0 unspecified atom stereocenters. The monoisotopic (exact) mass is 327 g/mol. The maximum absolute atomic E-state index is 12.6. The molecule has 0 aliphatic carbocycles. The number of likely N-dealkylation sites (tertiary alicyclic amines) is 1. The third kappa shape index (κ3) is 3.66. The summed E-state index contributed by atoms with van der Waals surface area (Å²) in [6.45, 7) is 2.28. The lowest BCUT2D eigenvalue weighted by Gasteiger charge is -2.19. The zero-order valence-corrected chi connectivity index (χ0v) is 14.1. The number of nitrogens with one attached hydrogen (secondary N) is 1. The molecule has 0 saturated carbocycles. The van der Waals surface area contributed by atoms with Gasteiger partial charge in [0.15, 0.2) is 0 Å². The predicted molar refractivity (Wildman–Crippen MR) is 94.1 cm³/mol. The van der Waals surface area contributed by atoms with E-state index >= 15 is 0 Å². The Hall–Kier alpha value is -2.18. The lowest BCUT2D eigenvalue weighted by atomic mass is 10.1. The Morgan fingerprint density at radius 2 is 2.25 bits per heavy atom. The van der Waals surface area contributed by atoms with Crippen molar-refractivity contribution < 1.29 is 4.79 Å². The fourth-order valence-electron chi connectivity index (χ4n) is 3.25. The van der Waals surface area contributed by atoms with Gasteiger partial charge in [0.1, 0.15) is 0 Å². The molecule has 1 amide bonds. The molecule has 1 saturated heterocycles. The predicted octanol–water partition coefficient (Wildman–Crippen LogP) is 1.55. The third-order valence-electron chi connectivity index (χ3n) is 4.70. The summed E-state index contributed by atoms with van der Waals surface area (Å²) in [5.41, 5.74) is 7.98. The van der Waals surface area contributed by atoms with Gasteiger partial charge in [0.2, 0.25) is 0 Å². The van der Waals surface area contributed by atoms with E-state index in [2.05, 4.69) is 22.4 Å². The van der Waals surface area contributed by atoms with Gasteiger partial charge in [-0.25, -0.2) is 4.68 Å². The average molecular weight is 327 g/mol. The molecule has 6 nitrogen and oxygen atoms in total. The van der Waals surface area contributed by atoms with Crippen molar-refractivity contribution in [2.45, 2.75) is 31.8 Å². The number of carbonyl (C=O) groups excluding carboxylic acids is 1. The van der Waals surface area contributed by atoms with Crippen molar-refractivity contribution in [3.8, 4) is 5.69 Å². The van der Waals surface area contributed by atoms with Crippen LogP contribution in [0.1, 0.15) is 35.2 Å². The number of amides is 1. The fourth-order valence-corrected chi connectivity index (χ4v) is 3.25. The first kappa shape index (κ1) is 16.7. The van der Waals surface area contributed by atoms with Crippen molar-refractivity contribution in [3.63, 3.8) is 0 Å². The highest BCUT2D eigenvalue weighted by Gasteiger charge is 2.20. The number of hydrogen-bond donors (Lipinski definition) is 2. The summed E-state index contributed by atoms with van der Waals surface area (Å²) in [6.07, 6.45) is 7.05. The van der Waals surface area contributed by atoms with Crippen molar-refractivity contribution in [1.29, 1.82) is 0 Å². The highest BCUT2D eigenvalue weighted by molar-refractivity contribution is 5.97. The Kier molecular flexibility index (Phi) is 5.27. The molecule has 1 fully saturated rings. The zero-order chi connectivity index (χ0) is 16.9. The number of hydrogen-bond acceptors (Lipinski definition) is 4. The summed E-state index contributed by atoms with van der Waals surface area (Å²) in [7, 11) is 2.15. The first-order valence-electron chi connectivity index (χ1n) is 8.50. The molecule has 1 aliphatic rings. The van der Waals surface area contributed by atoms with Gasteiger partial charge in [-0.05, 0) is 45.0 Å². The van der Waals surface area contributed by atoms with E-state index in [1.807, 2.05) is 30.5 Å². The first-order chi connectivity index (χ1) is 11.7. The molecule has 1 atom stereocenters. The molecule has 0 radical (unpaired) electrons. The largest absolute Gasteiger partial charge is 0.352 e. The molecule has 1 aliphatic heterocycles. The van der Waals surface area contributed by atoms with Crippen molar-refractivity contribution in [1.82, 2.24) is 20.0 Å². The molecule has 3 rings (SSSR count). The Bertz CT molecular complexity index is 696. The van der Waals surface area contributed by atoms with Gasteiger partial charge < -0.3 is 16.0 Å². The second-order valence-electron chi connectivity index (χ2n) is 6.34. The van der Waals surface area contributed by atoms with Gasteiger partial charge in [-0.3, -0.25) is 4.79 Å². The van der Waals surface area contributed by atoms with Crippen LogP contribution in [0.25, 0.3) is 5.69 Å². The van der Waals surface area contributed by atoms with Crippen molar-refractivity contribution in [2.24, 2.45) is 5.73 Å². The third-order valence-corrected chi connectivity index (χ3v) is 4.70. The zero-order valence-electron chi connectivity index (χ0n) is 14.1. The lowest BCUT2D eigenvalue weighted by Crippen LogP contribution is -2.32. The molecular formula is C18H25N5O. The van der Waals surface area contributed by atoms with Gasteiger partial charge in [0.05, 0.1) is 17.4 Å². The van der Waals surface area contributed by atoms with Crippen LogP contribution in [0.4, 0.5) is 0 Å². The summed E-state index contributed by atoms with van der Waals surface area (Å²) in [4.78, 5) is 15.0. The topological polar surface area (TPSA) is 76.2 Å². The molecule has 1 aromatic heterocycles. The standard InChI is InChI=1S/C18H25N5O/c1-22-10-4-5-15(22)8-9-20-18(24)16-6-2-3-7-17(16)23-13-14(11-19)12-21-23/h2-3,6-7,12-13,15H,4-5,8-11,19H2,1H3,(H,20,24)/t15-/m1/s1. The van der Waals surface area contributed by atoms with Gasteiger partial charge in [-0.1, -0.05) is 12.1 Å². The smallest absolute Gasteiger partial charge is 0.253 e. The van der Waals surface area contributed by atoms with E-state index in [1.54, 1.807) is 10.9 Å². The number of nitrogens with two attached hydrogens (primary N) is 1. The van der Waals surface area contributed by atoms with Gasteiger partial charge in [-0.2, -0.15) is 5.10 Å². The molecule has 0 spiro atoms. The van der Waals surface area contributed by atoms with Crippen molar-refractivity contribution >= 4 is 5.91 Å². The average Bonchev–Trinajstić information content (AvgIpc) is 3.24. The highest BCUT2D eigenvalue weighted by atomic mass is 16.1. The fraction of sp³-hybridized carbons (Fsp3) is 0.444. The van der Waals surface area contributed by atoms with E-state index in [4.69, 9.17) is 5.73 Å². The van der Waals surface area contributed by atoms with Gasteiger partial charge >= 0.3 is 0 Å². The molecule has 24 heavy (non-hydrogen) atoms. The lowest BCUT2D eigenvalue weighted by molar-refractivity contribution is 0.0950. The summed E-state index contributed by atoms with van der Waals surface area (Å²) in [5, 5.41) is 7.35. The van der Waals surface area contributed by atoms with Crippen molar-refractivity contribution in [2.75, 3.05) is 20.1 Å². The second kappa shape index (κ2) is 7.59. The number of para-hydroxylation sites is 1. The Morgan fingerprint density at radius 1 is 1.42 bits per heavy atom. The van der Waals surface area contributed by atoms with Gasteiger partial charge in [0, 0.05) is 30.9 Å². The normalized spacial score (nSPS) is 18.0. The van der Waals surface area contributed by atoms with Crippen LogP contribution in [-0.4, -0.2) is 46.8 Å². The van der Waals surface area contributed by atoms with Crippen LogP contribution in [0.2, 0.25) is 0 Å². The maximum atomic E-state index is 12.6. The summed E-state index contributed by atoms with van der Waals surface area (Å²) >= 11 is 0. The minimum Gasteiger partial charge on any atom is -0.352 e. The molecule has 1 aromatic carbocycles. The molecule has 0 bridgehead atoms. The van der Waals surface area contributed by atoms with Crippen LogP contribution in [0.3, 0.4) is 0 Å². The van der Waals surface area contributed by atoms with Gasteiger partial charge in [-0.15, -0.1) is 0 Å². The van der Waals surface area contributed by atoms with Crippen LogP contribution in [0.15, 0.2) is 36.7 Å². The number of rotatable bonds is 6. The van der Waals surface area contributed by atoms with Crippen LogP contribution in [-0.2, 0) is 6.54 Å². The van der Waals surface area contributed by atoms with Crippen LogP contribution >= 0.6 is 0 Å². The van der Waals surface area contributed by atoms with E-state index in [-0.39, 0.29) is 5.91 Å². The van der Waals surface area contributed by atoms with Crippen LogP contribution in [0, 0.1) is 0 Å². The SMILES string of the molecule is CN1CCC[C@@H]1CCNC(=O)c1ccccc1-n1cc(CN)cn1. The Labute approximate surface area is 142 Å². The van der Waals surface area contributed by atoms with E-state index in [9.17, 15) is 4.79 Å². The molecular weight excluding hydrogens is 302 g/mol. The molecule has 3 N–H and O–H groups in total. The number of aromatic nitrogens is 2. The number of carbonyl (C=O) groups is 1. The van der Waals surface area contributed by atoms with Crippen LogP contribution in [0.5, 0.6) is 0 Å².